The molecule has 0 saturated carbocycles. The van der Waals surface area contributed by atoms with E-state index in [0.717, 1.165) is 25.1 Å². The number of nitrogens with zero attached hydrogens (tertiary/aromatic N) is 2. The molecule has 2 heterocycles. The van der Waals surface area contributed by atoms with Crippen molar-refractivity contribution in [2.75, 3.05) is 11.9 Å². The number of aromatic nitrogens is 2. The van der Waals surface area contributed by atoms with E-state index in [4.69, 9.17) is 0 Å². The Morgan fingerprint density at radius 3 is 2.95 bits per heavy atom. The lowest BCUT2D eigenvalue weighted by atomic mass is 10.1. The van der Waals surface area contributed by atoms with Gasteiger partial charge in [-0.25, -0.2) is 9.37 Å². The van der Waals surface area contributed by atoms with Gasteiger partial charge in [-0.3, -0.25) is 9.78 Å². The van der Waals surface area contributed by atoms with E-state index < -0.39 is 11.7 Å². The molecule has 1 amide bonds. The molecule has 1 aromatic carbocycles. The van der Waals surface area contributed by atoms with Crippen LogP contribution in [0.1, 0.15) is 35.1 Å². The molecule has 5 nitrogen and oxygen atoms in total. The van der Waals surface area contributed by atoms with Gasteiger partial charge in [0.15, 0.2) is 0 Å². The second kappa shape index (κ2) is 5.97. The van der Waals surface area contributed by atoms with Gasteiger partial charge in [0.05, 0.1) is 29.8 Å². The normalized spacial score (nSPS) is 17.7. The van der Waals surface area contributed by atoms with E-state index in [-0.39, 0.29) is 17.4 Å². The highest BCUT2D eigenvalue weighted by atomic mass is 19.1. The Morgan fingerprint density at radius 2 is 2.19 bits per heavy atom. The molecule has 0 bridgehead atoms. The Hall–Kier alpha value is -2.34. The number of nitrogens with one attached hydrogen (secondary N) is 2. The molecule has 0 unspecified atom stereocenters. The van der Waals surface area contributed by atoms with Gasteiger partial charge in [-0.05, 0) is 31.5 Å². The van der Waals surface area contributed by atoms with Crippen LogP contribution in [0.2, 0.25) is 0 Å². The predicted octanol–water partition coefficient (Wildman–Crippen LogP) is 2.29. The van der Waals surface area contributed by atoms with Crippen molar-refractivity contribution < 1.29 is 9.18 Å². The summed E-state index contributed by atoms with van der Waals surface area (Å²) in [6.07, 6.45) is 5.10. The monoisotopic (exact) mass is 286 g/mol. The zero-order valence-electron chi connectivity index (χ0n) is 11.3. The van der Waals surface area contributed by atoms with Gasteiger partial charge < -0.3 is 10.6 Å². The Balaban J connectivity index is 1.78. The number of carbonyl (C=O) groups excluding carboxylic acids is 1. The van der Waals surface area contributed by atoms with Crippen LogP contribution in [0.15, 0.2) is 36.7 Å². The molecule has 3 rings (SSSR count). The zero-order valence-corrected chi connectivity index (χ0v) is 11.3. The smallest absolute Gasteiger partial charge is 0.275 e. The number of anilines is 1. The average Bonchev–Trinajstić information content (AvgIpc) is 3.04. The highest BCUT2D eigenvalue weighted by molar-refractivity contribution is 6.02. The second-order valence-corrected chi connectivity index (χ2v) is 4.91. The Kier molecular flexibility index (Phi) is 3.87. The van der Waals surface area contributed by atoms with Crippen LogP contribution in [0.5, 0.6) is 0 Å². The minimum atomic E-state index is -0.479. The standard InChI is InChI=1S/C15H15FN4O/c16-10-4-1-2-5-11(10)20-15(21)14-9-17-8-13(19-14)12-6-3-7-18-12/h1-2,4-5,8-9,12,18H,3,6-7H2,(H,20,21)/t12-/m1/s1. The van der Waals surface area contributed by atoms with Crippen LogP contribution in [0.4, 0.5) is 10.1 Å². The summed E-state index contributed by atoms with van der Waals surface area (Å²) in [4.78, 5) is 20.5. The number of hydrogen-bond donors (Lipinski definition) is 2. The summed E-state index contributed by atoms with van der Waals surface area (Å²) in [7, 11) is 0. The van der Waals surface area contributed by atoms with Crippen LogP contribution in [0.3, 0.4) is 0 Å². The molecule has 0 spiro atoms. The second-order valence-electron chi connectivity index (χ2n) is 4.91. The largest absolute Gasteiger partial charge is 0.318 e. The first kappa shape index (κ1) is 13.6. The van der Waals surface area contributed by atoms with Gasteiger partial charge in [-0.2, -0.15) is 0 Å². The van der Waals surface area contributed by atoms with Crippen molar-refractivity contribution in [3.05, 3.63) is 53.9 Å². The van der Waals surface area contributed by atoms with E-state index in [0.29, 0.717) is 0 Å². The van der Waals surface area contributed by atoms with Crippen molar-refractivity contribution in [2.45, 2.75) is 18.9 Å². The molecule has 1 aliphatic rings. The lowest BCUT2D eigenvalue weighted by Crippen LogP contribution is -2.19. The van der Waals surface area contributed by atoms with E-state index in [2.05, 4.69) is 20.6 Å². The summed E-state index contributed by atoms with van der Waals surface area (Å²) < 4.78 is 13.5. The molecule has 0 aliphatic carbocycles. The Morgan fingerprint density at radius 1 is 1.33 bits per heavy atom. The van der Waals surface area contributed by atoms with Gasteiger partial charge in [0.1, 0.15) is 11.5 Å². The van der Waals surface area contributed by atoms with E-state index in [1.165, 1.54) is 18.3 Å². The molecule has 1 atom stereocenters. The van der Waals surface area contributed by atoms with Crippen LogP contribution >= 0.6 is 0 Å². The van der Waals surface area contributed by atoms with Gasteiger partial charge in [-0.1, -0.05) is 12.1 Å². The number of para-hydroxylation sites is 1. The van der Waals surface area contributed by atoms with E-state index in [1.54, 1.807) is 18.3 Å². The third-order valence-electron chi connectivity index (χ3n) is 3.43. The topological polar surface area (TPSA) is 66.9 Å². The summed E-state index contributed by atoms with van der Waals surface area (Å²) in [6.45, 7) is 0.942. The molecule has 2 aromatic rings. The van der Waals surface area contributed by atoms with Crippen LogP contribution in [0.25, 0.3) is 0 Å². The first-order valence-corrected chi connectivity index (χ1v) is 6.85. The van der Waals surface area contributed by atoms with Crippen molar-refractivity contribution in [3.63, 3.8) is 0 Å². The highest BCUT2D eigenvalue weighted by Crippen LogP contribution is 2.21. The fourth-order valence-corrected chi connectivity index (χ4v) is 2.34. The SMILES string of the molecule is O=C(Nc1ccccc1F)c1cncc([C@H]2CCCN2)n1. The number of halogens is 1. The predicted molar refractivity (Wildman–Crippen MR) is 76.4 cm³/mol. The number of carbonyl (C=O) groups is 1. The van der Waals surface area contributed by atoms with Gasteiger partial charge in [0, 0.05) is 0 Å². The minimum Gasteiger partial charge on any atom is -0.318 e. The van der Waals surface area contributed by atoms with Crippen molar-refractivity contribution in [2.24, 2.45) is 0 Å². The summed E-state index contributed by atoms with van der Waals surface area (Å²) in [5.74, 6) is -0.945. The number of rotatable bonds is 3. The number of hydrogen-bond acceptors (Lipinski definition) is 4. The first-order valence-electron chi connectivity index (χ1n) is 6.85. The first-order chi connectivity index (χ1) is 10.2. The molecule has 21 heavy (non-hydrogen) atoms. The minimum absolute atomic E-state index is 0.133. The summed E-state index contributed by atoms with van der Waals surface area (Å²) >= 11 is 0. The highest BCUT2D eigenvalue weighted by Gasteiger charge is 2.19. The summed E-state index contributed by atoms with van der Waals surface area (Å²) in [6, 6.07) is 6.16. The quantitative estimate of drug-likeness (QED) is 0.908. The third kappa shape index (κ3) is 3.05. The van der Waals surface area contributed by atoms with Crippen molar-refractivity contribution in [3.8, 4) is 0 Å². The van der Waals surface area contributed by atoms with Crippen molar-refractivity contribution >= 4 is 11.6 Å². The number of benzene rings is 1. The molecule has 6 heteroatoms. The molecule has 1 aliphatic heterocycles. The van der Waals surface area contributed by atoms with Gasteiger partial charge in [-0.15, -0.1) is 0 Å². The molecular formula is C15H15FN4O. The number of amides is 1. The Labute approximate surface area is 121 Å². The van der Waals surface area contributed by atoms with Gasteiger partial charge in [0.25, 0.3) is 5.91 Å². The lowest BCUT2D eigenvalue weighted by molar-refractivity contribution is 0.102. The summed E-state index contributed by atoms with van der Waals surface area (Å²) in [5, 5.41) is 5.81. The van der Waals surface area contributed by atoms with Crippen LogP contribution < -0.4 is 10.6 Å². The molecule has 0 radical (unpaired) electrons. The molecular weight excluding hydrogens is 271 g/mol. The maximum absolute atomic E-state index is 13.5. The van der Waals surface area contributed by atoms with Crippen molar-refractivity contribution in [1.82, 2.24) is 15.3 Å². The van der Waals surface area contributed by atoms with E-state index in [1.807, 2.05) is 0 Å². The van der Waals surface area contributed by atoms with Gasteiger partial charge >= 0.3 is 0 Å². The van der Waals surface area contributed by atoms with Gasteiger partial charge in [0.2, 0.25) is 0 Å². The van der Waals surface area contributed by atoms with Crippen LogP contribution in [-0.2, 0) is 0 Å². The molecule has 1 aromatic heterocycles. The lowest BCUT2D eigenvalue weighted by Gasteiger charge is -2.10. The Bertz CT molecular complexity index is 656. The fourth-order valence-electron chi connectivity index (χ4n) is 2.34. The molecule has 1 saturated heterocycles. The average molecular weight is 286 g/mol. The van der Waals surface area contributed by atoms with Crippen LogP contribution in [0, 0.1) is 5.82 Å². The molecule has 108 valence electrons. The van der Waals surface area contributed by atoms with E-state index in [9.17, 15) is 9.18 Å². The van der Waals surface area contributed by atoms with E-state index >= 15 is 0 Å². The maximum atomic E-state index is 13.5. The zero-order chi connectivity index (χ0) is 14.7. The van der Waals surface area contributed by atoms with Crippen molar-refractivity contribution in [1.29, 1.82) is 0 Å². The van der Waals surface area contributed by atoms with Crippen LogP contribution in [-0.4, -0.2) is 22.4 Å². The summed E-state index contributed by atoms with van der Waals surface area (Å²) in [5.41, 5.74) is 1.06. The maximum Gasteiger partial charge on any atom is 0.275 e. The molecule has 1 fully saturated rings. The third-order valence-corrected chi connectivity index (χ3v) is 3.43. The molecule has 2 N–H and O–H groups in total. The fraction of sp³-hybridized carbons (Fsp3) is 0.267.